The van der Waals surface area contributed by atoms with Crippen LogP contribution in [0.2, 0.25) is 0 Å². The molecule has 176 valence electrons. The molecule has 0 aromatic heterocycles. The van der Waals surface area contributed by atoms with E-state index < -0.39 is 30.9 Å². The van der Waals surface area contributed by atoms with Gasteiger partial charge in [-0.1, -0.05) is 80.5 Å². The normalized spacial score (nSPS) is 15.6. The molecule has 0 spiro atoms. The maximum Gasteiger partial charge on any atom is 0.305 e. The first-order chi connectivity index (χ1) is 15.0. The minimum atomic E-state index is -1.03. The van der Waals surface area contributed by atoms with Crippen molar-refractivity contribution < 1.29 is 30.0 Å². The Bertz CT molecular complexity index is 577. The maximum atomic E-state index is 11.4. The van der Waals surface area contributed by atoms with E-state index in [2.05, 4.69) is 19.1 Å². The SMILES string of the molecule is CC/C=C\C/C=C\CC(O)\C=C/C=C\C=C\C(O)CCCCCC(=O)OCC(O)CO. The summed E-state index contributed by atoms with van der Waals surface area (Å²) in [5, 5.41) is 37.5. The number of hydrogen-bond donors (Lipinski definition) is 4. The van der Waals surface area contributed by atoms with Gasteiger partial charge >= 0.3 is 5.97 Å². The predicted molar refractivity (Wildman–Crippen MR) is 124 cm³/mol. The van der Waals surface area contributed by atoms with Crippen LogP contribution in [0.3, 0.4) is 0 Å². The molecule has 3 unspecified atom stereocenters. The van der Waals surface area contributed by atoms with Gasteiger partial charge in [-0.25, -0.2) is 0 Å². The third kappa shape index (κ3) is 21.0. The largest absolute Gasteiger partial charge is 0.463 e. The number of esters is 1. The van der Waals surface area contributed by atoms with Crippen molar-refractivity contribution in [1.82, 2.24) is 0 Å². The first-order valence-corrected chi connectivity index (χ1v) is 11.1. The van der Waals surface area contributed by atoms with Crippen molar-refractivity contribution in [2.75, 3.05) is 13.2 Å². The number of carbonyl (C=O) groups is 1. The number of aliphatic hydroxyl groups is 4. The molecule has 3 atom stereocenters. The summed E-state index contributed by atoms with van der Waals surface area (Å²) in [5.41, 5.74) is 0. The van der Waals surface area contributed by atoms with Crippen LogP contribution in [0.25, 0.3) is 0 Å². The quantitative estimate of drug-likeness (QED) is 0.113. The molecule has 0 aromatic rings. The molecule has 0 rings (SSSR count). The van der Waals surface area contributed by atoms with Gasteiger partial charge < -0.3 is 25.2 Å². The molecule has 0 fully saturated rings. The molecule has 0 saturated heterocycles. The van der Waals surface area contributed by atoms with Crippen molar-refractivity contribution in [1.29, 1.82) is 0 Å². The van der Waals surface area contributed by atoms with Crippen LogP contribution in [0.15, 0.2) is 60.8 Å². The van der Waals surface area contributed by atoms with Gasteiger partial charge in [-0.2, -0.15) is 0 Å². The van der Waals surface area contributed by atoms with Crippen molar-refractivity contribution in [2.45, 2.75) is 76.6 Å². The van der Waals surface area contributed by atoms with Gasteiger partial charge in [0.15, 0.2) is 0 Å². The minimum Gasteiger partial charge on any atom is -0.463 e. The highest BCUT2D eigenvalue weighted by molar-refractivity contribution is 5.69. The average Bonchev–Trinajstić information content (AvgIpc) is 2.76. The smallest absolute Gasteiger partial charge is 0.305 e. The Morgan fingerprint density at radius 2 is 1.55 bits per heavy atom. The van der Waals surface area contributed by atoms with Crippen molar-refractivity contribution in [2.24, 2.45) is 0 Å². The Morgan fingerprint density at radius 3 is 2.23 bits per heavy atom. The zero-order valence-corrected chi connectivity index (χ0v) is 18.7. The van der Waals surface area contributed by atoms with E-state index in [0.29, 0.717) is 19.3 Å². The molecule has 0 bridgehead atoms. The van der Waals surface area contributed by atoms with Crippen LogP contribution in [0.4, 0.5) is 0 Å². The summed E-state index contributed by atoms with van der Waals surface area (Å²) in [6.07, 6.45) is 22.4. The number of carbonyl (C=O) groups excluding carboxylic acids is 1. The van der Waals surface area contributed by atoms with E-state index >= 15 is 0 Å². The van der Waals surface area contributed by atoms with E-state index in [1.807, 2.05) is 12.2 Å². The summed E-state index contributed by atoms with van der Waals surface area (Å²) in [5.74, 6) is -0.392. The van der Waals surface area contributed by atoms with Crippen LogP contribution in [0, 0.1) is 0 Å². The summed E-state index contributed by atoms with van der Waals surface area (Å²) < 4.78 is 4.82. The molecule has 0 radical (unpaired) electrons. The second kappa shape index (κ2) is 21.2. The third-order valence-corrected chi connectivity index (χ3v) is 4.25. The van der Waals surface area contributed by atoms with Crippen LogP contribution in [-0.4, -0.2) is 57.9 Å². The van der Waals surface area contributed by atoms with Crippen molar-refractivity contribution in [3.8, 4) is 0 Å². The van der Waals surface area contributed by atoms with Gasteiger partial charge in [0.05, 0.1) is 18.8 Å². The Morgan fingerprint density at radius 1 is 0.871 bits per heavy atom. The van der Waals surface area contributed by atoms with E-state index in [4.69, 9.17) is 14.9 Å². The minimum absolute atomic E-state index is 0.186. The standard InChI is InChI=1S/C25H40O6/c1-2-3-4-5-6-10-15-22(27)16-11-7-8-12-17-23(28)18-13-9-14-19-25(30)31-21-24(29)20-26/h3-4,6-8,10-12,16-17,22-24,26-29H,2,5,9,13-15,18-21H2,1H3/b4-3-,8-7-,10-6-,16-11-,17-12+. The molecule has 0 aliphatic heterocycles. The molecule has 0 aliphatic rings. The lowest BCUT2D eigenvalue weighted by Crippen LogP contribution is -2.21. The maximum absolute atomic E-state index is 11.4. The van der Waals surface area contributed by atoms with Gasteiger partial charge in [0.25, 0.3) is 0 Å². The van der Waals surface area contributed by atoms with Gasteiger partial charge in [-0.3, -0.25) is 4.79 Å². The average molecular weight is 437 g/mol. The lowest BCUT2D eigenvalue weighted by molar-refractivity contribution is -0.147. The third-order valence-electron chi connectivity index (χ3n) is 4.25. The molecule has 0 aliphatic carbocycles. The predicted octanol–water partition coefficient (Wildman–Crippen LogP) is 3.53. The zero-order chi connectivity index (χ0) is 23.2. The van der Waals surface area contributed by atoms with Crippen molar-refractivity contribution in [3.05, 3.63) is 60.8 Å². The number of ether oxygens (including phenoxy) is 1. The summed E-state index contributed by atoms with van der Waals surface area (Å²) in [6.45, 7) is 1.48. The van der Waals surface area contributed by atoms with Crippen LogP contribution in [0.5, 0.6) is 0 Å². The highest BCUT2D eigenvalue weighted by Gasteiger charge is 2.07. The van der Waals surface area contributed by atoms with Gasteiger partial charge in [-0.05, 0) is 32.1 Å². The van der Waals surface area contributed by atoms with Crippen molar-refractivity contribution >= 4 is 5.97 Å². The van der Waals surface area contributed by atoms with Crippen LogP contribution >= 0.6 is 0 Å². The molecule has 0 aromatic carbocycles. The lowest BCUT2D eigenvalue weighted by Gasteiger charge is -2.08. The van der Waals surface area contributed by atoms with Gasteiger partial charge in [0, 0.05) is 6.42 Å². The van der Waals surface area contributed by atoms with E-state index in [1.165, 1.54) is 0 Å². The highest BCUT2D eigenvalue weighted by Crippen LogP contribution is 2.08. The molecule has 31 heavy (non-hydrogen) atoms. The van der Waals surface area contributed by atoms with E-state index in [9.17, 15) is 15.0 Å². The van der Waals surface area contributed by atoms with Gasteiger partial charge in [-0.15, -0.1) is 0 Å². The first kappa shape index (κ1) is 29.0. The fraction of sp³-hybridized carbons (Fsp3) is 0.560. The molecule has 6 nitrogen and oxygen atoms in total. The fourth-order valence-corrected chi connectivity index (χ4v) is 2.47. The van der Waals surface area contributed by atoms with Crippen molar-refractivity contribution in [3.63, 3.8) is 0 Å². The molecule has 0 heterocycles. The van der Waals surface area contributed by atoms with E-state index in [0.717, 1.165) is 25.7 Å². The molecular formula is C25H40O6. The molecule has 0 saturated carbocycles. The van der Waals surface area contributed by atoms with Gasteiger partial charge in [0.2, 0.25) is 0 Å². The topological polar surface area (TPSA) is 107 Å². The first-order valence-electron chi connectivity index (χ1n) is 11.1. The second-order valence-corrected chi connectivity index (χ2v) is 7.23. The number of allylic oxidation sites excluding steroid dienone is 7. The van der Waals surface area contributed by atoms with E-state index in [1.54, 1.807) is 36.5 Å². The molecular weight excluding hydrogens is 396 g/mol. The summed E-state index contributed by atoms with van der Waals surface area (Å²) in [7, 11) is 0. The Kier molecular flexibility index (Phi) is 19.9. The van der Waals surface area contributed by atoms with Crippen LogP contribution in [0.1, 0.15) is 58.3 Å². The Labute approximate surface area is 187 Å². The summed E-state index contributed by atoms with van der Waals surface area (Å²) in [6, 6.07) is 0. The highest BCUT2D eigenvalue weighted by atomic mass is 16.5. The van der Waals surface area contributed by atoms with Crippen LogP contribution in [-0.2, 0) is 9.53 Å². The van der Waals surface area contributed by atoms with E-state index in [-0.39, 0.29) is 13.0 Å². The monoisotopic (exact) mass is 436 g/mol. The summed E-state index contributed by atoms with van der Waals surface area (Å²) >= 11 is 0. The second-order valence-electron chi connectivity index (χ2n) is 7.23. The fourth-order valence-electron chi connectivity index (χ4n) is 2.47. The zero-order valence-electron chi connectivity index (χ0n) is 18.7. The lowest BCUT2D eigenvalue weighted by atomic mass is 10.1. The Balaban J connectivity index is 3.80. The molecule has 0 amide bonds. The molecule has 4 N–H and O–H groups in total. The summed E-state index contributed by atoms with van der Waals surface area (Å²) in [4.78, 5) is 11.4. The number of rotatable bonds is 18. The number of unbranched alkanes of at least 4 members (excludes halogenated alkanes) is 2. The number of aliphatic hydroxyl groups excluding tert-OH is 4. The Hall–Kier alpha value is -1.99. The van der Waals surface area contributed by atoms with Crippen LogP contribution < -0.4 is 0 Å². The molecule has 6 heteroatoms. The number of hydrogen-bond acceptors (Lipinski definition) is 6. The van der Waals surface area contributed by atoms with Gasteiger partial charge in [0.1, 0.15) is 12.7 Å².